The molecule has 0 aliphatic heterocycles. The van der Waals surface area contributed by atoms with Gasteiger partial charge in [0.1, 0.15) is 0 Å². The fraction of sp³-hybridized carbons (Fsp3) is 0.462. The normalized spacial score (nSPS) is 23.1. The van der Waals surface area contributed by atoms with E-state index in [0.29, 0.717) is 28.1 Å². The predicted molar refractivity (Wildman–Crippen MR) is 75.8 cm³/mol. The molecule has 1 saturated carbocycles. The molecule has 2 nitrogen and oxygen atoms in total. The van der Waals surface area contributed by atoms with Crippen molar-refractivity contribution in [2.75, 3.05) is 6.54 Å². The number of nitrogens with one attached hydrogen (secondary N) is 1. The van der Waals surface area contributed by atoms with Gasteiger partial charge in [-0.15, -0.1) is 11.6 Å². The van der Waals surface area contributed by atoms with Gasteiger partial charge in [-0.25, -0.2) is 0 Å². The maximum Gasteiger partial charge on any atom is 0.252 e. The molecule has 0 aromatic heterocycles. The minimum Gasteiger partial charge on any atom is -0.352 e. The summed E-state index contributed by atoms with van der Waals surface area (Å²) in [6, 6.07) is 4.87. The lowest BCUT2D eigenvalue weighted by Crippen LogP contribution is -2.28. The lowest BCUT2D eigenvalue weighted by atomic mass is 10.1. The highest BCUT2D eigenvalue weighted by Gasteiger charge is 2.23. The van der Waals surface area contributed by atoms with E-state index in [4.69, 9.17) is 34.8 Å². The van der Waals surface area contributed by atoms with Gasteiger partial charge in [-0.2, -0.15) is 0 Å². The Morgan fingerprint density at radius 2 is 2.11 bits per heavy atom. The Balaban J connectivity index is 1.91. The van der Waals surface area contributed by atoms with Crippen molar-refractivity contribution >= 4 is 40.7 Å². The topological polar surface area (TPSA) is 29.1 Å². The summed E-state index contributed by atoms with van der Waals surface area (Å²) < 4.78 is 0. The van der Waals surface area contributed by atoms with Gasteiger partial charge in [0.05, 0.1) is 10.6 Å². The van der Waals surface area contributed by atoms with Gasteiger partial charge in [-0.05, 0) is 43.4 Å². The van der Waals surface area contributed by atoms with Crippen molar-refractivity contribution < 1.29 is 4.79 Å². The van der Waals surface area contributed by atoms with E-state index in [2.05, 4.69) is 5.32 Å². The molecule has 2 atom stereocenters. The third kappa shape index (κ3) is 3.53. The Bertz CT molecular complexity index is 450. The van der Waals surface area contributed by atoms with Crippen LogP contribution < -0.4 is 5.32 Å². The molecule has 1 aliphatic carbocycles. The van der Waals surface area contributed by atoms with Gasteiger partial charge in [-0.3, -0.25) is 4.79 Å². The van der Waals surface area contributed by atoms with Crippen LogP contribution in [0.25, 0.3) is 0 Å². The van der Waals surface area contributed by atoms with E-state index in [1.54, 1.807) is 18.2 Å². The van der Waals surface area contributed by atoms with Crippen molar-refractivity contribution in [3.63, 3.8) is 0 Å². The molecule has 0 spiro atoms. The average Bonchev–Trinajstić information content (AvgIpc) is 2.72. The van der Waals surface area contributed by atoms with Gasteiger partial charge in [0, 0.05) is 16.9 Å². The molecule has 0 bridgehead atoms. The van der Waals surface area contributed by atoms with Gasteiger partial charge in [0.25, 0.3) is 5.91 Å². The molecule has 1 N–H and O–H groups in total. The summed E-state index contributed by atoms with van der Waals surface area (Å²) in [7, 11) is 0. The van der Waals surface area contributed by atoms with Crippen molar-refractivity contribution in [2.24, 2.45) is 5.92 Å². The Morgan fingerprint density at radius 1 is 1.33 bits per heavy atom. The quantitative estimate of drug-likeness (QED) is 0.836. The molecule has 1 aliphatic rings. The number of hydrogen-bond acceptors (Lipinski definition) is 1. The van der Waals surface area contributed by atoms with Crippen LogP contribution in [-0.2, 0) is 0 Å². The fourth-order valence-corrected chi connectivity index (χ4v) is 3.08. The molecule has 18 heavy (non-hydrogen) atoms. The van der Waals surface area contributed by atoms with Crippen molar-refractivity contribution in [1.29, 1.82) is 0 Å². The average molecular weight is 307 g/mol. The van der Waals surface area contributed by atoms with Crippen LogP contribution in [-0.4, -0.2) is 17.8 Å². The summed E-state index contributed by atoms with van der Waals surface area (Å²) in [4.78, 5) is 11.9. The molecule has 2 rings (SSSR count). The zero-order chi connectivity index (χ0) is 13.1. The first-order valence-corrected chi connectivity index (χ1v) is 7.13. The number of alkyl halides is 1. The molecule has 1 amide bonds. The van der Waals surface area contributed by atoms with E-state index in [9.17, 15) is 4.79 Å². The van der Waals surface area contributed by atoms with Crippen LogP contribution in [0.3, 0.4) is 0 Å². The van der Waals surface area contributed by atoms with Gasteiger partial charge in [0.2, 0.25) is 0 Å². The first-order valence-electron chi connectivity index (χ1n) is 5.93. The van der Waals surface area contributed by atoms with Crippen LogP contribution >= 0.6 is 34.8 Å². The highest BCUT2D eigenvalue weighted by molar-refractivity contribution is 6.36. The van der Waals surface area contributed by atoms with Crippen LogP contribution in [0, 0.1) is 5.92 Å². The maximum atomic E-state index is 11.9. The molecule has 0 saturated heterocycles. The number of carbonyl (C=O) groups excluding carboxylic acids is 1. The molecule has 0 heterocycles. The Kier molecular flexibility index (Phi) is 4.77. The molecule has 5 heteroatoms. The van der Waals surface area contributed by atoms with Gasteiger partial charge in [0.15, 0.2) is 0 Å². The van der Waals surface area contributed by atoms with Crippen molar-refractivity contribution in [2.45, 2.75) is 24.6 Å². The monoisotopic (exact) mass is 305 g/mol. The number of carbonyl (C=O) groups is 1. The second-order valence-electron chi connectivity index (χ2n) is 4.61. The summed E-state index contributed by atoms with van der Waals surface area (Å²) in [6.07, 6.45) is 3.07. The van der Waals surface area contributed by atoms with Crippen LogP contribution in [0.2, 0.25) is 10.0 Å². The predicted octanol–water partition coefficient (Wildman–Crippen LogP) is 4.13. The number of benzene rings is 1. The first kappa shape index (κ1) is 14.0. The minimum atomic E-state index is -0.158. The second kappa shape index (κ2) is 6.14. The van der Waals surface area contributed by atoms with Crippen LogP contribution in [0.1, 0.15) is 29.6 Å². The Morgan fingerprint density at radius 3 is 2.72 bits per heavy atom. The summed E-state index contributed by atoms with van der Waals surface area (Å²) in [6.45, 7) is 0.654. The molecule has 1 fully saturated rings. The zero-order valence-corrected chi connectivity index (χ0v) is 12.0. The lowest BCUT2D eigenvalue weighted by molar-refractivity contribution is 0.0947. The highest BCUT2D eigenvalue weighted by atomic mass is 35.5. The minimum absolute atomic E-state index is 0.158. The third-order valence-corrected chi connectivity index (χ3v) is 4.15. The number of halogens is 3. The molecule has 1 aromatic rings. The molecule has 1 aromatic carbocycles. The van der Waals surface area contributed by atoms with E-state index < -0.39 is 0 Å². The number of hydrogen-bond donors (Lipinski definition) is 1. The van der Waals surface area contributed by atoms with E-state index in [-0.39, 0.29) is 11.3 Å². The molecule has 2 unspecified atom stereocenters. The van der Waals surface area contributed by atoms with Gasteiger partial charge in [-0.1, -0.05) is 23.2 Å². The Labute approximate surface area is 122 Å². The largest absolute Gasteiger partial charge is 0.352 e. The molecular weight excluding hydrogens is 293 g/mol. The van der Waals surface area contributed by atoms with Crippen LogP contribution in [0.5, 0.6) is 0 Å². The first-order chi connectivity index (χ1) is 8.56. The second-order valence-corrected chi connectivity index (χ2v) is 6.07. The SMILES string of the molecule is O=C(NCC1CCC(Cl)C1)c1ccc(Cl)cc1Cl. The van der Waals surface area contributed by atoms with Gasteiger partial charge < -0.3 is 5.32 Å². The van der Waals surface area contributed by atoms with E-state index in [1.165, 1.54) is 0 Å². The maximum absolute atomic E-state index is 11.9. The summed E-state index contributed by atoms with van der Waals surface area (Å²) in [5.74, 6) is 0.317. The standard InChI is InChI=1S/C13H14Cl3NO/c14-9-2-1-8(5-9)7-17-13(18)11-4-3-10(15)6-12(11)16/h3-4,6,8-9H,1-2,5,7H2,(H,17,18). The lowest BCUT2D eigenvalue weighted by Gasteiger charge is -2.11. The van der Waals surface area contributed by atoms with Crippen LogP contribution in [0.15, 0.2) is 18.2 Å². The molecule has 0 radical (unpaired) electrons. The highest BCUT2D eigenvalue weighted by Crippen LogP contribution is 2.29. The van der Waals surface area contributed by atoms with E-state index in [1.807, 2.05) is 0 Å². The summed E-state index contributed by atoms with van der Waals surface area (Å²) in [5.41, 5.74) is 0.460. The number of rotatable bonds is 3. The molecule has 98 valence electrons. The Hall–Kier alpha value is -0.440. The van der Waals surface area contributed by atoms with E-state index in [0.717, 1.165) is 19.3 Å². The van der Waals surface area contributed by atoms with Crippen molar-refractivity contribution in [3.05, 3.63) is 33.8 Å². The van der Waals surface area contributed by atoms with Crippen molar-refractivity contribution in [3.8, 4) is 0 Å². The van der Waals surface area contributed by atoms with E-state index >= 15 is 0 Å². The zero-order valence-electron chi connectivity index (χ0n) is 9.76. The van der Waals surface area contributed by atoms with Gasteiger partial charge >= 0.3 is 0 Å². The summed E-state index contributed by atoms with van der Waals surface area (Å²) >= 11 is 17.8. The molecular formula is C13H14Cl3NO. The smallest absolute Gasteiger partial charge is 0.252 e. The third-order valence-electron chi connectivity index (χ3n) is 3.20. The number of amides is 1. The van der Waals surface area contributed by atoms with Crippen LogP contribution in [0.4, 0.5) is 0 Å². The summed E-state index contributed by atoms with van der Waals surface area (Å²) in [5, 5.41) is 4.05. The fourth-order valence-electron chi connectivity index (χ4n) is 2.21. The van der Waals surface area contributed by atoms with Crippen molar-refractivity contribution in [1.82, 2.24) is 5.32 Å².